The van der Waals surface area contributed by atoms with Crippen molar-refractivity contribution in [1.82, 2.24) is 4.68 Å². The van der Waals surface area contributed by atoms with Crippen LogP contribution in [0.3, 0.4) is 0 Å². The summed E-state index contributed by atoms with van der Waals surface area (Å²) in [6.45, 7) is 0.0278. The second kappa shape index (κ2) is 8.50. The lowest BCUT2D eigenvalue weighted by Crippen LogP contribution is -2.25. The van der Waals surface area contributed by atoms with E-state index in [1.54, 1.807) is 28.1 Å². The lowest BCUT2D eigenvalue weighted by molar-refractivity contribution is -0.118. The van der Waals surface area contributed by atoms with E-state index >= 15 is 0 Å². The van der Waals surface area contributed by atoms with Crippen LogP contribution in [0.5, 0.6) is 5.75 Å². The number of carbonyl (C=O) groups is 1. The van der Waals surface area contributed by atoms with Gasteiger partial charge in [-0.05, 0) is 53.9 Å². The summed E-state index contributed by atoms with van der Waals surface area (Å²) < 4.78 is 7.27. The second-order valence-electron chi connectivity index (χ2n) is 6.61. The lowest BCUT2D eigenvalue weighted by Gasteiger charge is -2.18. The number of thiazole rings is 1. The van der Waals surface area contributed by atoms with Crippen molar-refractivity contribution in [3.63, 3.8) is 0 Å². The number of aromatic nitrogens is 1. The van der Waals surface area contributed by atoms with E-state index in [1.165, 1.54) is 11.3 Å². The molecule has 3 heterocycles. The minimum absolute atomic E-state index is 0.0278. The van der Waals surface area contributed by atoms with Gasteiger partial charge in [0.2, 0.25) is 4.80 Å². The van der Waals surface area contributed by atoms with Gasteiger partial charge in [0, 0.05) is 20.8 Å². The molecule has 0 saturated carbocycles. The zero-order valence-corrected chi connectivity index (χ0v) is 18.4. The number of thiophene rings is 1. The van der Waals surface area contributed by atoms with Gasteiger partial charge in [-0.1, -0.05) is 17.7 Å². The van der Waals surface area contributed by atoms with E-state index in [9.17, 15) is 4.79 Å². The maximum absolute atomic E-state index is 11.7. The predicted octanol–water partition coefficient (Wildman–Crippen LogP) is 5.38. The smallest absolute Gasteiger partial charge is 0.262 e. The van der Waals surface area contributed by atoms with Crippen LogP contribution in [0.4, 0.5) is 11.4 Å². The Bertz CT molecular complexity index is 1340. The van der Waals surface area contributed by atoms with Gasteiger partial charge in [-0.15, -0.1) is 22.7 Å². The Morgan fingerprint density at radius 3 is 2.81 bits per heavy atom. The van der Waals surface area contributed by atoms with E-state index < -0.39 is 0 Å². The monoisotopic (exact) mass is 466 g/mol. The largest absolute Gasteiger partial charge is 0.482 e. The quantitative estimate of drug-likeness (QED) is 0.410. The van der Waals surface area contributed by atoms with Crippen molar-refractivity contribution in [2.75, 3.05) is 11.9 Å². The average molecular weight is 467 g/mol. The Hall–Kier alpha value is -3.20. The zero-order chi connectivity index (χ0) is 21.2. The summed E-state index contributed by atoms with van der Waals surface area (Å²) in [5.41, 5.74) is 3.17. The molecule has 1 amide bonds. The SMILES string of the molecule is O=C1COc2ccc(-c3csc(=Nc4ccc(Cl)cc4)n3N=Cc3cccs3)cc2N1. The fraction of sp³-hybridized carbons (Fsp3) is 0.0455. The van der Waals surface area contributed by atoms with Crippen molar-refractivity contribution >= 4 is 57.8 Å². The Labute approximate surface area is 190 Å². The number of ether oxygens (including phenoxy) is 1. The molecule has 2 aromatic carbocycles. The molecule has 0 radical (unpaired) electrons. The van der Waals surface area contributed by atoms with Gasteiger partial charge in [0.25, 0.3) is 5.91 Å². The molecule has 9 heteroatoms. The fourth-order valence-corrected chi connectivity index (χ4v) is 4.60. The topological polar surface area (TPSA) is 68.0 Å². The highest BCUT2D eigenvalue weighted by atomic mass is 35.5. The maximum atomic E-state index is 11.7. The minimum atomic E-state index is -0.169. The summed E-state index contributed by atoms with van der Waals surface area (Å²) in [7, 11) is 0. The number of rotatable bonds is 4. The molecular weight excluding hydrogens is 452 g/mol. The molecule has 4 aromatic rings. The standard InChI is InChI=1S/C22H15ClN4O2S2/c23-15-4-6-16(7-5-15)25-22-27(24-11-17-2-1-9-30-17)19(13-31-22)14-3-8-20-18(10-14)26-21(28)12-29-20/h1-11,13H,12H2,(H,26,28). The molecule has 0 aliphatic carbocycles. The molecule has 0 fully saturated rings. The van der Waals surface area contributed by atoms with Crippen molar-refractivity contribution in [3.05, 3.63) is 80.1 Å². The maximum Gasteiger partial charge on any atom is 0.262 e. The number of fused-ring (bicyclic) bond motifs is 1. The van der Waals surface area contributed by atoms with Gasteiger partial charge in [0.15, 0.2) is 6.61 Å². The Morgan fingerprint density at radius 2 is 2.00 bits per heavy atom. The third kappa shape index (κ3) is 4.32. The molecule has 0 spiro atoms. The average Bonchev–Trinajstić information content (AvgIpc) is 3.43. The molecule has 0 atom stereocenters. The van der Waals surface area contributed by atoms with Gasteiger partial charge in [-0.2, -0.15) is 5.10 Å². The molecule has 31 heavy (non-hydrogen) atoms. The number of anilines is 1. The molecule has 1 aliphatic rings. The van der Waals surface area contributed by atoms with Crippen LogP contribution in [-0.4, -0.2) is 23.4 Å². The third-order valence-electron chi connectivity index (χ3n) is 4.49. The summed E-state index contributed by atoms with van der Waals surface area (Å²) in [6, 6.07) is 17.0. The number of hydrogen-bond acceptors (Lipinski definition) is 6. The molecule has 1 aliphatic heterocycles. The first-order chi connectivity index (χ1) is 15.2. The molecule has 0 unspecified atom stereocenters. The molecule has 5 rings (SSSR count). The van der Waals surface area contributed by atoms with Crippen LogP contribution in [0.2, 0.25) is 5.02 Å². The summed E-state index contributed by atoms with van der Waals surface area (Å²) in [6.07, 6.45) is 1.81. The summed E-state index contributed by atoms with van der Waals surface area (Å²) >= 11 is 9.09. The van der Waals surface area contributed by atoms with Crippen LogP contribution < -0.4 is 14.9 Å². The molecule has 2 aromatic heterocycles. The van der Waals surface area contributed by atoms with Crippen LogP contribution in [0.15, 0.2) is 75.5 Å². The molecule has 154 valence electrons. The number of halogens is 1. The second-order valence-corrected chi connectivity index (χ2v) is 8.86. The van der Waals surface area contributed by atoms with Crippen molar-refractivity contribution in [2.45, 2.75) is 0 Å². The molecule has 6 nitrogen and oxygen atoms in total. The van der Waals surface area contributed by atoms with Crippen molar-refractivity contribution < 1.29 is 9.53 Å². The lowest BCUT2D eigenvalue weighted by atomic mass is 10.1. The Morgan fingerprint density at radius 1 is 1.13 bits per heavy atom. The minimum Gasteiger partial charge on any atom is -0.482 e. The molecule has 0 bridgehead atoms. The van der Waals surface area contributed by atoms with E-state index in [0.29, 0.717) is 21.3 Å². The highest BCUT2D eigenvalue weighted by molar-refractivity contribution is 7.11. The van der Waals surface area contributed by atoms with Crippen LogP contribution in [0.1, 0.15) is 4.88 Å². The number of amides is 1. The molecule has 1 N–H and O–H groups in total. The normalized spacial score (nSPS) is 13.8. The van der Waals surface area contributed by atoms with Crippen molar-refractivity contribution in [2.24, 2.45) is 10.1 Å². The molecule has 0 saturated heterocycles. The highest BCUT2D eigenvalue weighted by Crippen LogP contribution is 2.33. The van der Waals surface area contributed by atoms with Crippen LogP contribution in [-0.2, 0) is 4.79 Å². The first-order valence-electron chi connectivity index (χ1n) is 9.31. The van der Waals surface area contributed by atoms with Crippen LogP contribution in [0, 0.1) is 0 Å². The summed E-state index contributed by atoms with van der Waals surface area (Å²) in [5, 5.41) is 12.2. The molecular formula is C22H15ClN4O2S2. The van der Waals surface area contributed by atoms with E-state index in [-0.39, 0.29) is 12.5 Å². The first kappa shape index (κ1) is 19.7. The van der Waals surface area contributed by atoms with Crippen LogP contribution in [0.25, 0.3) is 11.3 Å². The zero-order valence-electron chi connectivity index (χ0n) is 16.0. The van der Waals surface area contributed by atoms with Gasteiger partial charge in [-0.25, -0.2) is 9.67 Å². The number of benzene rings is 2. The van der Waals surface area contributed by atoms with Gasteiger partial charge < -0.3 is 10.1 Å². The summed E-state index contributed by atoms with van der Waals surface area (Å²) in [5.74, 6) is 0.482. The summed E-state index contributed by atoms with van der Waals surface area (Å²) in [4.78, 5) is 18.2. The van der Waals surface area contributed by atoms with E-state index in [1.807, 2.05) is 59.4 Å². The van der Waals surface area contributed by atoms with Gasteiger partial charge in [0.1, 0.15) is 5.75 Å². The van der Waals surface area contributed by atoms with Gasteiger partial charge in [-0.3, -0.25) is 4.79 Å². The van der Waals surface area contributed by atoms with E-state index in [2.05, 4.69) is 5.32 Å². The highest BCUT2D eigenvalue weighted by Gasteiger charge is 2.17. The van der Waals surface area contributed by atoms with E-state index in [4.69, 9.17) is 26.4 Å². The number of nitrogens with zero attached hydrogens (tertiary/aromatic N) is 3. The predicted molar refractivity (Wildman–Crippen MR) is 126 cm³/mol. The van der Waals surface area contributed by atoms with Gasteiger partial charge >= 0.3 is 0 Å². The Balaban J connectivity index is 1.62. The number of nitrogens with one attached hydrogen (secondary N) is 1. The van der Waals surface area contributed by atoms with E-state index in [0.717, 1.165) is 21.8 Å². The number of hydrogen-bond donors (Lipinski definition) is 1. The number of carbonyl (C=O) groups excluding carboxylic acids is 1. The third-order valence-corrected chi connectivity index (χ3v) is 6.36. The van der Waals surface area contributed by atoms with Gasteiger partial charge in [0.05, 0.1) is 23.3 Å². The van der Waals surface area contributed by atoms with Crippen molar-refractivity contribution in [3.8, 4) is 17.0 Å². The first-order valence-corrected chi connectivity index (χ1v) is 11.5. The fourth-order valence-electron chi connectivity index (χ4n) is 3.03. The Kier molecular flexibility index (Phi) is 5.42. The van der Waals surface area contributed by atoms with Crippen LogP contribution >= 0.6 is 34.3 Å². The van der Waals surface area contributed by atoms with Crippen molar-refractivity contribution in [1.29, 1.82) is 0 Å².